The zero-order chi connectivity index (χ0) is 19.6. The molecule has 3 rings (SSSR count). The molecule has 1 aliphatic heterocycles. The van der Waals surface area contributed by atoms with Crippen molar-refractivity contribution < 1.29 is 19.1 Å². The molecule has 0 radical (unpaired) electrons. The number of hydrogen-bond acceptors (Lipinski definition) is 5. The normalized spacial score (nSPS) is 16.9. The van der Waals surface area contributed by atoms with Crippen LogP contribution < -0.4 is 0 Å². The summed E-state index contributed by atoms with van der Waals surface area (Å²) in [5.74, 6) is -1.11. The van der Waals surface area contributed by atoms with Gasteiger partial charge in [0.25, 0.3) is 11.1 Å². The third kappa shape index (κ3) is 3.94. The monoisotopic (exact) mass is 404 g/mol. The molecule has 0 unspecified atom stereocenters. The van der Waals surface area contributed by atoms with Gasteiger partial charge in [-0.1, -0.05) is 11.6 Å². The third-order valence-electron chi connectivity index (χ3n) is 4.00. The van der Waals surface area contributed by atoms with E-state index in [9.17, 15) is 14.4 Å². The minimum atomic E-state index is -0.966. The van der Waals surface area contributed by atoms with Crippen molar-refractivity contribution in [3.05, 3.63) is 58.2 Å². The highest BCUT2D eigenvalue weighted by Gasteiger charge is 2.41. The second kappa shape index (κ2) is 8.02. The minimum absolute atomic E-state index is 0.184. The third-order valence-corrected chi connectivity index (χ3v) is 5.14. The van der Waals surface area contributed by atoms with Gasteiger partial charge in [-0.15, -0.1) is 0 Å². The Kier molecular flexibility index (Phi) is 5.72. The van der Waals surface area contributed by atoms with Crippen LogP contribution in [0.5, 0.6) is 0 Å². The maximum atomic E-state index is 12.7. The van der Waals surface area contributed by atoms with E-state index in [1.807, 2.05) is 35.0 Å². The Bertz CT molecular complexity index is 920. The zero-order valence-electron chi connectivity index (χ0n) is 14.7. The molecular formula is C19H17ClN2O4S. The quantitative estimate of drug-likeness (QED) is 0.554. The van der Waals surface area contributed by atoms with Crippen LogP contribution in [-0.4, -0.2) is 39.2 Å². The Labute approximate surface area is 165 Å². The number of carbonyl (C=O) groups is 3. The molecule has 1 aromatic heterocycles. The Balaban J connectivity index is 1.88. The maximum absolute atomic E-state index is 12.7. The van der Waals surface area contributed by atoms with E-state index >= 15 is 0 Å². The van der Waals surface area contributed by atoms with E-state index in [0.717, 1.165) is 28.0 Å². The van der Waals surface area contributed by atoms with E-state index in [1.165, 1.54) is 6.92 Å². The fourth-order valence-electron chi connectivity index (χ4n) is 2.66. The van der Waals surface area contributed by atoms with Gasteiger partial charge in [0.2, 0.25) is 0 Å². The Morgan fingerprint density at radius 2 is 1.96 bits per heavy atom. The summed E-state index contributed by atoms with van der Waals surface area (Å²) < 4.78 is 6.79. The van der Waals surface area contributed by atoms with E-state index in [4.69, 9.17) is 16.3 Å². The number of amides is 2. The number of halogens is 1. The van der Waals surface area contributed by atoms with Crippen LogP contribution in [0.4, 0.5) is 4.79 Å². The maximum Gasteiger partial charge on any atom is 0.329 e. The van der Waals surface area contributed by atoms with E-state index in [0.29, 0.717) is 5.02 Å². The summed E-state index contributed by atoms with van der Waals surface area (Å²) in [7, 11) is 0. The number of esters is 1. The van der Waals surface area contributed by atoms with Crippen molar-refractivity contribution >= 4 is 46.6 Å². The number of aromatic nitrogens is 1. The number of carbonyl (C=O) groups excluding carboxylic acids is 3. The van der Waals surface area contributed by atoms with Gasteiger partial charge in [-0.3, -0.25) is 14.5 Å². The van der Waals surface area contributed by atoms with Crippen LogP contribution in [0.25, 0.3) is 11.8 Å². The second-order valence-corrected chi connectivity index (χ2v) is 7.19. The summed E-state index contributed by atoms with van der Waals surface area (Å²) in [6, 6.07) is 9.96. The molecule has 0 bridgehead atoms. The molecule has 27 heavy (non-hydrogen) atoms. The van der Waals surface area contributed by atoms with Crippen molar-refractivity contribution in [2.24, 2.45) is 0 Å². The summed E-state index contributed by atoms with van der Waals surface area (Å²) in [6.07, 6.45) is 3.48. The molecule has 2 aromatic rings. The molecule has 0 N–H and O–H groups in total. The molecule has 1 saturated heterocycles. The number of imide groups is 1. The van der Waals surface area contributed by atoms with Crippen LogP contribution in [-0.2, 0) is 14.3 Å². The lowest BCUT2D eigenvalue weighted by Crippen LogP contribution is -2.42. The first-order valence-corrected chi connectivity index (χ1v) is 9.48. The highest BCUT2D eigenvalue weighted by atomic mass is 35.5. The van der Waals surface area contributed by atoms with Crippen molar-refractivity contribution in [2.45, 2.75) is 19.9 Å². The number of thioether (sulfide) groups is 1. The van der Waals surface area contributed by atoms with Crippen LogP contribution in [0, 0.1) is 0 Å². The number of ether oxygens (including phenoxy) is 1. The SMILES string of the molecule is CCOC(=O)[C@@H](C)N1C(=O)S/C(=C/c2cccn2-c2ccc(Cl)cc2)C1=O. The van der Waals surface area contributed by atoms with Crippen LogP contribution in [0.1, 0.15) is 19.5 Å². The van der Waals surface area contributed by atoms with Gasteiger partial charge >= 0.3 is 5.97 Å². The van der Waals surface area contributed by atoms with Crippen LogP contribution in [0.15, 0.2) is 47.5 Å². The number of nitrogens with zero attached hydrogens (tertiary/aromatic N) is 2. The highest BCUT2D eigenvalue weighted by Crippen LogP contribution is 2.34. The van der Waals surface area contributed by atoms with E-state index in [1.54, 1.807) is 25.1 Å². The van der Waals surface area contributed by atoms with Crippen molar-refractivity contribution in [3.63, 3.8) is 0 Å². The van der Waals surface area contributed by atoms with Crippen molar-refractivity contribution in [3.8, 4) is 5.69 Å². The molecule has 0 saturated carbocycles. The average molecular weight is 405 g/mol. The second-order valence-electron chi connectivity index (χ2n) is 5.76. The number of hydrogen-bond donors (Lipinski definition) is 0. The smallest absolute Gasteiger partial charge is 0.329 e. The van der Waals surface area contributed by atoms with Gasteiger partial charge in [-0.05, 0) is 68.1 Å². The Hall–Kier alpha value is -2.51. The summed E-state index contributed by atoms with van der Waals surface area (Å²) in [4.78, 5) is 38.0. The van der Waals surface area contributed by atoms with Gasteiger partial charge in [-0.25, -0.2) is 4.79 Å². The van der Waals surface area contributed by atoms with Crippen LogP contribution in [0.3, 0.4) is 0 Å². The van der Waals surface area contributed by atoms with Gasteiger partial charge in [0.05, 0.1) is 11.5 Å². The predicted molar refractivity (Wildman–Crippen MR) is 105 cm³/mol. The van der Waals surface area contributed by atoms with E-state index < -0.39 is 23.2 Å². The van der Waals surface area contributed by atoms with Gasteiger partial charge in [0.1, 0.15) is 6.04 Å². The number of rotatable bonds is 5. The van der Waals surface area contributed by atoms with Crippen molar-refractivity contribution in [1.29, 1.82) is 0 Å². The van der Waals surface area contributed by atoms with Gasteiger partial charge < -0.3 is 9.30 Å². The zero-order valence-corrected chi connectivity index (χ0v) is 16.3. The lowest BCUT2D eigenvalue weighted by atomic mass is 10.2. The van der Waals surface area contributed by atoms with Crippen molar-refractivity contribution in [2.75, 3.05) is 6.61 Å². The summed E-state index contributed by atoms with van der Waals surface area (Å²) in [6.45, 7) is 3.33. The number of benzene rings is 1. The largest absolute Gasteiger partial charge is 0.464 e. The molecule has 0 spiro atoms. The molecule has 1 fully saturated rings. The first kappa shape index (κ1) is 19.3. The first-order valence-electron chi connectivity index (χ1n) is 8.29. The van der Waals surface area contributed by atoms with Crippen molar-refractivity contribution in [1.82, 2.24) is 9.47 Å². The van der Waals surface area contributed by atoms with Gasteiger partial charge in [0.15, 0.2) is 0 Å². The lowest BCUT2D eigenvalue weighted by molar-refractivity contribution is -0.150. The van der Waals surface area contributed by atoms with E-state index in [2.05, 4.69) is 0 Å². The van der Waals surface area contributed by atoms with Gasteiger partial charge in [0, 0.05) is 22.6 Å². The van der Waals surface area contributed by atoms with E-state index in [-0.39, 0.29) is 11.5 Å². The molecule has 1 aliphatic rings. The average Bonchev–Trinajstić information content (AvgIpc) is 3.20. The van der Waals surface area contributed by atoms with Gasteiger partial charge in [-0.2, -0.15) is 0 Å². The van der Waals surface area contributed by atoms with Crippen LogP contribution in [0.2, 0.25) is 5.02 Å². The molecule has 1 atom stereocenters. The fourth-order valence-corrected chi connectivity index (χ4v) is 3.68. The molecule has 140 valence electrons. The first-order chi connectivity index (χ1) is 12.9. The molecule has 2 amide bonds. The highest BCUT2D eigenvalue weighted by molar-refractivity contribution is 8.18. The summed E-state index contributed by atoms with van der Waals surface area (Å²) in [5.41, 5.74) is 1.60. The molecule has 6 nitrogen and oxygen atoms in total. The Morgan fingerprint density at radius 1 is 1.26 bits per heavy atom. The molecular weight excluding hydrogens is 388 g/mol. The Morgan fingerprint density at radius 3 is 2.63 bits per heavy atom. The topological polar surface area (TPSA) is 68.6 Å². The lowest BCUT2D eigenvalue weighted by Gasteiger charge is -2.19. The standard InChI is InChI=1S/C19H17ClN2O4S/c1-3-26-18(24)12(2)22-17(23)16(27-19(22)25)11-15-5-4-10-21(15)14-8-6-13(20)7-9-14/h4-12H,3H2,1-2H3/b16-11+/t12-/m1/s1. The molecule has 8 heteroatoms. The minimum Gasteiger partial charge on any atom is -0.464 e. The summed E-state index contributed by atoms with van der Waals surface area (Å²) >= 11 is 6.74. The predicted octanol–water partition coefficient (Wildman–Crippen LogP) is 4.12. The molecule has 0 aliphatic carbocycles. The summed E-state index contributed by atoms with van der Waals surface area (Å²) in [5, 5.41) is 0.137. The van der Waals surface area contributed by atoms with Crippen LogP contribution >= 0.6 is 23.4 Å². The fraction of sp³-hybridized carbons (Fsp3) is 0.211. The molecule has 1 aromatic carbocycles. The molecule has 2 heterocycles.